The molecule has 19 heavy (non-hydrogen) atoms. The lowest BCUT2D eigenvalue weighted by Gasteiger charge is -2.00. The predicted molar refractivity (Wildman–Crippen MR) is 75.3 cm³/mol. The number of carbonyl (C=O) groups excluding carboxylic acids is 1. The van der Waals surface area contributed by atoms with Gasteiger partial charge in [0.25, 0.3) is 0 Å². The van der Waals surface area contributed by atoms with Crippen LogP contribution in [0.4, 0.5) is 4.79 Å². The Hall–Kier alpha value is -1.88. The van der Waals surface area contributed by atoms with Gasteiger partial charge in [-0.25, -0.2) is 9.78 Å². The molecule has 0 aliphatic heterocycles. The third-order valence-corrected chi connectivity index (χ3v) is 3.67. The van der Waals surface area contributed by atoms with Crippen LogP contribution < -0.4 is 5.32 Å². The second-order valence-electron chi connectivity index (χ2n) is 4.23. The number of nitrogens with one attached hydrogen (secondary N) is 1. The van der Waals surface area contributed by atoms with Crippen molar-refractivity contribution in [3.63, 3.8) is 0 Å². The average Bonchev–Trinajstić information content (AvgIpc) is 2.86. The van der Waals surface area contributed by atoms with Crippen molar-refractivity contribution in [1.29, 1.82) is 0 Å². The molecule has 0 bridgehead atoms. The van der Waals surface area contributed by atoms with Gasteiger partial charge >= 0.3 is 6.09 Å². The molecule has 1 aromatic carbocycles. The molecule has 0 aliphatic rings. The van der Waals surface area contributed by atoms with E-state index in [1.165, 1.54) is 23.1 Å². The standard InChI is InChI=1S/C14H16N2O2S/c1-10-3-5-11(6-4-10)7-12-8-15-13(19-12)9-16-14(17)18-2/h3-6,8H,7,9H2,1-2H3,(H,16,17). The molecule has 0 saturated carbocycles. The molecule has 0 saturated heterocycles. The number of thiazole rings is 1. The summed E-state index contributed by atoms with van der Waals surface area (Å²) in [4.78, 5) is 16.4. The fourth-order valence-electron chi connectivity index (χ4n) is 1.64. The van der Waals surface area contributed by atoms with Crippen molar-refractivity contribution in [2.45, 2.75) is 19.9 Å². The van der Waals surface area contributed by atoms with Crippen LogP contribution in [0, 0.1) is 6.92 Å². The Kier molecular flexibility index (Phi) is 4.52. The molecular formula is C14H16N2O2S. The van der Waals surface area contributed by atoms with Crippen LogP contribution in [-0.4, -0.2) is 18.2 Å². The molecule has 0 aliphatic carbocycles. The van der Waals surface area contributed by atoms with Gasteiger partial charge < -0.3 is 10.1 Å². The topological polar surface area (TPSA) is 51.2 Å². The van der Waals surface area contributed by atoms with Crippen LogP contribution in [0.2, 0.25) is 0 Å². The van der Waals surface area contributed by atoms with Crippen molar-refractivity contribution in [2.75, 3.05) is 7.11 Å². The Labute approximate surface area is 116 Å². The van der Waals surface area contributed by atoms with Gasteiger partial charge in [0.1, 0.15) is 5.01 Å². The van der Waals surface area contributed by atoms with Gasteiger partial charge in [-0.3, -0.25) is 0 Å². The molecular weight excluding hydrogens is 260 g/mol. The molecule has 0 unspecified atom stereocenters. The van der Waals surface area contributed by atoms with Crippen molar-refractivity contribution in [2.24, 2.45) is 0 Å². The summed E-state index contributed by atoms with van der Waals surface area (Å²) < 4.78 is 4.51. The lowest BCUT2D eigenvalue weighted by Crippen LogP contribution is -2.22. The van der Waals surface area contributed by atoms with Gasteiger partial charge in [-0.1, -0.05) is 29.8 Å². The maximum absolute atomic E-state index is 11.0. The van der Waals surface area contributed by atoms with E-state index < -0.39 is 6.09 Å². The fourth-order valence-corrected chi connectivity index (χ4v) is 2.54. The lowest BCUT2D eigenvalue weighted by atomic mass is 10.1. The van der Waals surface area contributed by atoms with Gasteiger partial charge in [-0.05, 0) is 12.5 Å². The quantitative estimate of drug-likeness (QED) is 0.934. The molecule has 1 N–H and O–H groups in total. The van der Waals surface area contributed by atoms with Gasteiger partial charge in [0, 0.05) is 17.5 Å². The van der Waals surface area contributed by atoms with E-state index in [0.717, 1.165) is 11.4 Å². The van der Waals surface area contributed by atoms with E-state index >= 15 is 0 Å². The number of nitrogens with zero attached hydrogens (tertiary/aromatic N) is 1. The van der Waals surface area contributed by atoms with Crippen LogP contribution in [-0.2, 0) is 17.7 Å². The molecule has 0 fully saturated rings. The van der Waals surface area contributed by atoms with Crippen molar-refractivity contribution in [3.8, 4) is 0 Å². The number of ether oxygens (including phenoxy) is 1. The van der Waals surface area contributed by atoms with Crippen molar-refractivity contribution in [3.05, 3.63) is 51.5 Å². The lowest BCUT2D eigenvalue weighted by molar-refractivity contribution is 0.170. The number of hydrogen-bond acceptors (Lipinski definition) is 4. The Balaban J connectivity index is 1.93. The van der Waals surface area contributed by atoms with Gasteiger partial charge in [0.05, 0.1) is 13.7 Å². The van der Waals surface area contributed by atoms with Gasteiger partial charge in [-0.2, -0.15) is 0 Å². The second-order valence-corrected chi connectivity index (χ2v) is 5.43. The number of aryl methyl sites for hydroxylation is 1. The maximum Gasteiger partial charge on any atom is 0.407 e. The zero-order chi connectivity index (χ0) is 13.7. The summed E-state index contributed by atoms with van der Waals surface area (Å²) in [6.07, 6.45) is 2.30. The Bertz CT molecular complexity index is 549. The highest BCUT2D eigenvalue weighted by atomic mass is 32.1. The van der Waals surface area contributed by atoms with Crippen molar-refractivity contribution >= 4 is 17.4 Å². The first-order valence-electron chi connectivity index (χ1n) is 5.98. The number of hydrogen-bond donors (Lipinski definition) is 1. The largest absolute Gasteiger partial charge is 0.453 e. The first-order valence-corrected chi connectivity index (χ1v) is 6.80. The summed E-state index contributed by atoms with van der Waals surface area (Å²) in [5.74, 6) is 0. The second kappa shape index (κ2) is 6.33. The summed E-state index contributed by atoms with van der Waals surface area (Å²) >= 11 is 1.60. The molecule has 0 spiro atoms. The number of rotatable bonds is 4. The Morgan fingerprint density at radius 2 is 2.11 bits per heavy atom. The number of aromatic nitrogens is 1. The van der Waals surface area contributed by atoms with Gasteiger partial charge in [0.2, 0.25) is 0 Å². The van der Waals surface area contributed by atoms with E-state index in [4.69, 9.17) is 0 Å². The number of alkyl carbamates (subject to hydrolysis) is 1. The molecule has 0 radical (unpaired) electrons. The fraction of sp³-hybridized carbons (Fsp3) is 0.286. The number of carbonyl (C=O) groups is 1. The first kappa shape index (κ1) is 13.5. The minimum Gasteiger partial charge on any atom is -0.453 e. The predicted octanol–water partition coefficient (Wildman–Crippen LogP) is 2.90. The SMILES string of the molecule is COC(=O)NCc1ncc(Cc2ccc(C)cc2)s1. The van der Waals surface area contributed by atoms with Crippen LogP contribution in [0.15, 0.2) is 30.5 Å². The van der Waals surface area contributed by atoms with E-state index in [0.29, 0.717) is 6.54 Å². The molecule has 2 rings (SSSR count). The zero-order valence-electron chi connectivity index (χ0n) is 11.0. The number of benzene rings is 1. The third kappa shape index (κ3) is 4.06. The van der Waals surface area contributed by atoms with E-state index in [9.17, 15) is 4.79 Å². The summed E-state index contributed by atoms with van der Waals surface area (Å²) in [7, 11) is 1.35. The molecule has 1 heterocycles. The maximum atomic E-state index is 11.0. The third-order valence-electron chi connectivity index (χ3n) is 2.67. The van der Waals surface area contributed by atoms with Gasteiger partial charge in [-0.15, -0.1) is 11.3 Å². The first-order chi connectivity index (χ1) is 9.17. The van der Waals surface area contributed by atoms with Gasteiger partial charge in [0.15, 0.2) is 0 Å². The summed E-state index contributed by atoms with van der Waals surface area (Å²) in [6, 6.07) is 8.47. The van der Waals surface area contributed by atoms with Crippen LogP contribution in [0.1, 0.15) is 21.0 Å². The molecule has 100 valence electrons. The summed E-state index contributed by atoms with van der Waals surface area (Å²) in [5.41, 5.74) is 2.53. The van der Waals surface area contributed by atoms with Crippen LogP contribution in [0.3, 0.4) is 0 Å². The minimum atomic E-state index is -0.435. The molecule has 1 amide bonds. The Morgan fingerprint density at radius 3 is 2.79 bits per heavy atom. The average molecular weight is 276 g/mol. The highest BCUT2D eigenvalue weighted by Crippen LogP contribution is 2.17. The normalized spacial score (nSPS) is 10.2. The minimum absolute atomic E-state index is 0.408. The molecule has 5 heteroatoms. The van der Waals surface area contributed by atoms with Crippen molar-refractivity contribution < 1.29 is 9.53 Å². The summed E-state index contributed by atoms with van der Waals surface area (Å²) in [6.45, 7) is 2.48. The van der Waals surface area contributed by atoms with E-state index in [1.54, 1.807) is 11.3 Å². The van der Waals surface area contributed by atoms with Crippen LogP contribution in [0.25, 0.3) is 0 Å². The number of amides is 1. The molecule has 2 aromatic rings. The molecule has 0 atom stereocenters. The number of methoxy groups -OCH3 is 1. The zero-order valence-corrected chi connectivity index (χ0v) is 11.8. The van der Waals surface area contributed by atoms with E-state index in [2.05, 4.69) is 46.2 Å². The van der Waals surface area contributed by atoms with Crippen LogP contribution >= 0.6 is 11.3 Å². The van der Waals surface area contributed by atoms with E-state index in [-0.39, 0.29) is 0 Å². The highest BCUT2D eigenvalue weighted by Gasteiger charge is 2.05. The smallest absolute Gasteiger partial charge is 0.407 e. The van der Waals surface area contributed by atoms with Crippen molar-refractivity contribution in [1.82, 2.24) is 10.3 Å². The van der Waals surface area contributed by atoms with E-state index in [1.807, 2.05) is 6.20 Å². The molecule has 4 nitrogen and oxygen atoms in total. The monoisotopic (exact) mass is 276 g/mol. The summed E-state index contributed by atoms with van der Waals surface area (Å²) in [5, 5.41) is 3.50. The molecule has 1 aromatic heterocycles. The highest BCUT2D eigenvalue weighted by molar-refractivity contribution is 7.11. The Morgan fingerprint density at radius 1 is 1.37 bits per heavy atom. The van der Waals surface area contributed by atoms with Crippen LogP contribution in [0.5, 0.6) is 0 Å².